The summed E-state index contributed by atoms with van der Waals surface area (Å²) in [6, 6.07) is 18.6. The van der Waals surface area contributed by atoms with Crippen molar-refractivity contribution in [2.75, 3.05) is 18.4 Å². The van der Waals surface area contributed by atoms with Crippen LogP contribution in [0.2, 0.25) is 0 Å². The third kappa shape index (κ3) is 8.11. The number of hydrogen-bond acceptors (Lipinski definition) is 8. The monoisotopic (exact) mass is 620 g/mol. The lowest BCUT2D eigenvalue weighted by Crippen LogP contribution is -2.47. The maximum absolute atomic E-state index is 12.7. The first-order valence-corrected chi connectivity index (χ1v) is 16.1. The Labute approximate surface area is 272 Å². The van der Waals surface area contributed by atoms with Crippen molar-refractivity contribution in [3.05, 3.63) is 72.1 Å². The number of fused-ring (bicyclic) bond motifs is 1. The molecule has 1 aliphatic heterocycles. The highest BCUT2D eigenvalue weighted by molar-refractivity contribution is 5.92. The number of carbonyl (C=O) groups is 1. The molecular weight excluding hydrogens is 576 g/mol. The number of rotatable bonds is 9. The summed E-state index contributed by atoms with van der Waals surface area (Å²) in [6.45, 7) is 12.8. The number of nitrogens with zero attached hydrogens (tertiary/aromatic N) is 5. The van der Waals surface area contributed by atoms with Crippen molar-refractivity contribution in [2.45, 2.75) is 85.3 Å². The second kappa shape index (κ2) is 13.7. The van der Waals surface area contributed by atoms with E-state index < -0.39 is 5.60 Å². The Balaban J connectivity index is 1.36. The van der Waals surface area contributed by atoms with Gasteiger partial charge in [0.25, 0.3) is 0 Å². The lowest BCUT2D eigenvalue weighted by molar-refractivity contribution is 0.0206. The van der Waals surface area contributed by atoms with Crippen LogP contribution in [0.15, 0.2) is 60.9 Å². The average molecular weight is 621 g/mol. The van der Waals surface area contributed by atoms with Crippen molar-refractivity contribution < 1.29 is 14.3 Å². The molecule has 1 N–H and O–H groups in total. The fraction of sp³-hybridized carbons (Fsp3) is 0.432. The highest BCUT2D eigenvalue weighted by atomic mass is 16.6. The second-order valence-corrected chi connectivity index (χ2v) is 13.7. The quantitative estimate of drug-likeness (QED) is 0.198. The molecular formula is C37H44N6O3. The number of pyridine rings is 1. The molecule has 1 aliphatic rings. The van der Waals surface area contributed by atoms with Gasteiger partial charge in [0.15, 0.2) is 0 Å². The molecule has 240 valence electrons. The van der Waals surface area contributed by atoms with Crippen LogP contribution in [-0.4, -0.2) is 50.7 Å². The molecule has 0 aliphatic carbocycles. The van der Waals surface area contributed by atoms with Crippen LogP contribution in [0.1, 0.15) is 71.4 Å². The van der Waals surface area contributed by atoms with Gasteiger partial charge in [0.2, 0.25) is 11.8 Å². The zero-order valence-electron chi connectivity index (χ0n) is 27.8. The largest absolute Gasteiger partial charge is 0.444 e. The third-order valence-corrected chi connectivity index (χ3v) is 8.16. The summed E-state index contributed by atoms with van der Waals surface area (Å²) in [4.78, 5) is 28.3. The van der Waals surface area contributed by atoms with Crippen LogP contribution in [0.5, 0.6) is 11.6 Å². The summed E-state index contributed by atoms with van der Waals surface area (Å²) >= 11 is 0. The smallest absolute Gasteiger partial charge is 0.410 e. The van der Waals surface area contributed by atoms with Gasteiger partial charge in [-0.05, 0) is 108 Å². The van der Waals surface area contributed by atoms with E-state index >= 15 is 0 Å². The topological polar surface area (TPSA) is 113 Å². The average Bonchev–Trinajstić information content (AvgIpc) is 3.02. The lowest BCUT2D eigenvalue weighted by Gasteiger charge is -2.34. The summed E-state index contributed by atoms with van der Waals surface area (Å²) in [5.41, 5.74) is 2.79. The molecule has 0 bridgehead atoms. The van der Waals surface area contributed by atoms with Crippen LogP contribution in [0, 0.1) is 23.7 Å². The fourth-order valence-electron chi connectivity index (χ4n) is 5.75. The van der Waals surface area contributed by atoms with E-state index in [2.05, 4.69) is 51.7 Å². The molecule has 5 rings (SSSR count). The van der Waals surface area contributed by atoms with Crippen molar-refractivity contribution in [1.82, 2.24) is 19.9 Å². The number of aromatic nitrogens is 3. The van der Waals surface area contributed by atoms with Gasteiger partial charge >= 0.3 is 6.09 Å². The highest BCUT2D eigenvalue weighted by Gasteiger charge is 2.28. The molecule has 4 aromatic rings. The van der Waals surface area contributed by atoms with Crippen molar-refractivity contribution in [1.29, 1.82) is 5.26 Å². The fourth-order valence-corrected chi connectivity index (χ4v) is 5.75. The summed E-state index contributed by atoms with van der Waals surface area (Å²) in [5.74, 6) is 1.69. The lowest BCUT2D eigenvalue weighted by atomic mass is 9.87. The molecule has 0 unspecified atom stereocenters. The van der Waals surface area contributed by atoms with Gasteiger partial charge in [0.05, 0.1) is 22.7 Å². The molecule has 2 aromatic heterocycles. The first-order chi connectivity index (χ1) is 21.9. The molecule has 9 heteroatoms. The van der Waals surface area contributed by atoms with E-state index in [4.69, 9.17) is 14.5 Å². The third-order valence-electron chi connectivity index (χ3n) is 8.16. The van der Waals surface area contributed by atoms with Gasteiger partial charge < -0.3 is 19.7 Å². The van der Waals surface area contributed by atoms with E-state index in [-0.39, 0.29) is 17.6 Å². The molecule has 0 saturated carbocycles. The van der Waals surface area contributed by atoms with E-state index in [1.54, 1.807) is 17.3 Å². The Morgan fingerprint density at radius 2 is 1.87 bits per heavy atom. The van der Waals surface area contributed by atoms with Crippen LogP contribution in [0.3, 0.4) is 0 Å². The van der Waals surface area contributed by atoms with Gasteiger partial charge in [-0.25, -0.2) is 19.7 Å². The molecule has 1 atom stereocenters. The Bertz CT molecular complexity index is 1740. The maximum Gasteiger partial charge on any atom is 0.410 e. The minimum absolute atomic E-state index is 0.000333. The number of aryl methyl sites for hydroxylation is 2. The molecule has 2 aromatic carbocycles. The first-order valence-electron chi connectivity index (χ1n) is 16.1. The molecule has 1 fully saturated rings. The molecule has 46 heavy (non-hydrogen) atoms. The summed E-state index contributed by atoms with van der Waals surface area (Å²) in [5, 5.41) is 15.0. The Morgan fingerprint density at radius 3 is 2.65 bits per heavy atom. The Morgan fingerprint density at radius 1 is 1.04 bits per heavy atom. The van der Waals surface area contributed by atoms with Crippen LogP contribution in [0.25, 0.3) is 22.0 Å². The highest BCUT2D eigenvalue weighted by Crippen LogP contribution is 2.38. The molecule has 0 radical (unpaired) electrons. The van der Waals surface area contributed by atoms with Gasteiger partial charge in [-0.1, -0.05) is 30.3 Å². The molecule has 1 amide bonds. The van der Waals surface area contributed by atoms with Gasteiger partial charge in [-0.3, -0.25) is 0 Å². The number of nitriles is 1. The zero-order chi connectivity index (χ0) is 32.9. The van der Waals surface area contributed by atoms with Crippen LogP contribution >= 0.6 is 0 Å². The van der Waals surface area contributed by atoms with E-state index in [1.807, 2.05) is 59.7 Å². The summed E-state index contributed by atoms with van der Waals surface area (Å²) in [7, 11) is 0. The van der Waals surface area contributed by atoms with E-state index in [1.165, 1.54) is 5.56 Å². The number of hydrogen-bond donors (Lipinski definition) is 1. The number of amides is 1. The van der Waals surface area contributed by atoms with Crippen molar-refractivity contribution in [3.63, 3.8) is 0 Å². The minimum Gasteiger partial charge on any atom is -0.444 e. The number of nitrogens with one attached hydrogen (secondary N) is 1. The van der Waals surface area contributed by atoms with Crippen molar-refractivity contribution in [2.24, 2.45) is 5.41 Å². The van der Waals surface area contributed by atoms with Gasteiger partial charge in [-0.2, -0.15) is 5.26 Å². The van der Waals surface area contributed by atoms with E-state index in [9.17, 15) is 10.1 Å². The van der Waals surface area contributed by atoms with E-state index in [0.29, 0.717) is 30.6 Å². The number of carbonyl (C=O) groups excluding carboxylic acids is 1. The normalized spacial score (nSPS) is 15.3. The Hall–Kier alpha value is -4.71. The van der Waals surface area contributed by atoms with Gasteiger partial charge in [0, 0.05) is 36.9 Å². The molecule has 0 spiro atoms. The van der Waals surface area contributed by atoms with Crippen LogP contribution < -0.4 is 10.1 Å². The maximum atomic E-state index is 12.7. The minimum atomic E-state index is -0.540. The van der Waals surface area contributed by atoms with Crippen LogP contribution in [-0.2, 0) is 11.2 Å². The number of likely N-dealkylation sites (tertiary alicyclic amines) is 1. The number of benzene rings is 2. The molecule has 1 saturated heterocycles. The van der Waals surface area contributed by atoms with E-state index in [0.717, 1.165) is 59.8 Å². The number of anilines is 1. The van der Waals surface area contributed by atoms with Gasteiger partial charge in [-0.15, -0.1) is 0 Å². The molecule has 9 nitrogen and oxygen atoms in total. The molecule has 3 heterocycles. The Kier molecular flexibility index (Phi) is 9.76. The predicted octanol–water partition coefficient (Wildman–Crippen LogP) is 8.48. The van der Waals surface area contributed by atoms with Crippen LogP contribution in [0.4, 0.5) is 10.7 Å². The number of ether oxygens (including phenoxy) is 2. The standard InChI is InChI=1S/C37H44N6O3/c1-25-16-17-28-26(12-8-19-37(5,6)24-38)11-7-14-29(28)32(25)45-33-30(15-9-20-39-33)31-18-21-40-34(42-31)41-27-13-10-22-43(23-27)35(44)46-36(2,3)4/h7,9,11,14-18,20-21,27H,8,10,12-13,19,22-23H2,1-6H3,(H,40,41,42)/t27-/m0/s1. The predicted molar refractivity (Wildman–Crippen MR) is 181 cm³/mol. The number of piperidine rings is 1. The SMILES string of the molecule is Cc1ccc2c(CCCC(C)(C)C#N)cccc2c1Oc1ncccc1-c1ccnc(N[C@H]2CCCN(C(=O)OC(C)(C)C)C2)n1. The zero-order valence-corrected chi connectivity index (χ0v) is 27.8. The second-order valence-electron chi connectivity index (χ2n) is 13.7. The summed E-state index contributed by atoms with van der Waals surface area (Å²) in [6.07, 6.45) is 7.54. The van der Waals surface area contributed by atoms with Gasteiger partial charge in [0.1, 0.15) is 11.4 Å². The first kappa shape index (κ1) is 32.7. The summed E-state index contributed by atoms with van der Waals surface area (Å²) < 4.78 is 12.2. The van der Waals surface area contributed by atoms with Crippen molar-refractivity contribution >= 4 is 22.8 Å². The van der Waals surface area contributed by atoms with Crippen molar-refractivity contribution in [3.8, 4) is 29.0 Å².